The predicted octanol–water partition coefficient (Wildman–Crippen LogP) is 2.64. The highest BCUT2D eigenvalue weighted by atomic mass is 32.2. The molecule has 0 atom stereocenters. The van der Waals surface area contributed by atoms with Gasteiger partial charge in [-0.15, -0.1) is 0 Å². The van der Waals surface area contributed by atoms with Gasteiger partial charge in [-0.3, -0.25) is 4.79 Å². The van der Waals surface area contributed by atoms with Crippen LogP contribution in [0.25, 0.3) is 0 Å². The summed E-state index contributed by atoms with van der Waals surface area (Å²) < 4.78 is 38.2. The van der Waals surface area contributed by atoms with Crippen molar-refractivity contribution in [2.24, 2.45) is 0 Å². The third-order valence-corrected chi connectivity index (χ3v) is 7.22. The Labute approximate surface area is 171 Å². The van der Waals surface area contributed by atoms with Gasteiger partial charge in [-0.1, -0.05) is 0 Å². The number of hydrogen-bond donors (Lipinski definition) is 0. The number of anilines is 1. The summed E-state index contributed by atoms with van der Waals surface area (Å²) in [6.45, 7) is 5.74. The second kappa shape index (κ2) is 8.42. The molecule has 0 radical (unpaired) electrons. The molecule has 0 amide bonds. The van der Waals surface area contributed by atoms with Crippen molar-refractivity contribution in [1.29, 1.82) is 0 Å². The van der Waals surface area contributed by atoms with Crippen molar-refractivity contribution in [2.75, 3.05) is 45.3 Å². The number of ether oxygens (including phenoxy) is 2. The molecule has 0 aromatic heterocycles. The second-order valence-electron chi connectivity index (χ2n) is 7.02. The molecule has 0 bridgehead atoms. The summed E-state index contributed by atoms with van der Waals surface area (Å²) >= 11 is 0. The van der Waals surface area contributed by atoms with Gasteiger partial charge in [0.25, 0.3) is 0 Å². The molecule has 0 unspecified atom stereocenters. The molecule has 7 nitrogen and oxygen atoms in total. The number of benzene rings is 2. The number of sulfonamides is 1. The third-order valence-electron chi connectivity index (χ3n) is 5.28. The molecule has 1 saturated heterocycles. The van der Waals surface area contributed by atoms with E-state index in [-0.39, 0.29) is 10.6 Å². The van der Waals surface area contributed by atoms with Gasteiger partial charge in [-0.2, -0.15) is 4.31 Å². The molecule has 0 spiro atoms. The van der Waals surface area contributed by atoms with E-state index in [0.717, 1.165) is 23.1 Å². The van der Waals surface area contributed by atoms with Crippen LogP contribution in [0.1, 0.15) is 21.5 Å². The van der Waals surface area contributed by atoms with E-state index in [4.69, 9.17) is 9.47 Å². The molecule has 0 aliphatic carbocycles. The molecule has 29 heavy (non-hydrogen) atoms. The average Bonchev–Trinajstić information content (AvgIpc) is 2.74. The van der Waals surface area contributed by atoms with E-state index < -0.39 is 10.0 Å². The average molecular weight is 419 g/mol. The van der Waals surface area contributed by atoms with Gasteiger partial charge >= 0.3 is 0 Å². The third kappa shape index (κ3) is 4.09. The highest BCUT2D eigenvalue weighted by molar-refractivity contribution is 7.89. The smallest absolute Gasteiger partial charge is 0.246 e. The number of nitrogens with zero attached hydrogens (tertiary/aromatic N) is 2. The second-order valence-corrected chi connectivity index (χ2v) is 8.93. The molecule has 1 heterocycles. The van der Waals surface area contributed by atoms with Crippen LogP contribution in [0.5, 0.6) is 11.5 Å². The van der Waals surface area contributed by atoms with Crippen LogP contribution in [0.4, 0.5) is 5.69 Å². The molecule has 0 N–H and O–H groups in total. The lowest BCUT2D eigenvalue weighted by atomic mass is 10.0. The van der Waals surface area contributed by atoms with Gasteiger partial charge in [-0.25, -0.2) is 8.42 Å². The van der Waals surface area contributed by atoms with Gasteiger partial charge in [0.15, 0.2) is 0 Å². The number of piperazine rings is 1. The van der Waals surface area contributed by atoms with Gasteiger partial charge in [0.05, 0.1) is 14.2 Å². The zero-order valence-electron chi connectivity index (χ0n) is 17.1. The lowest BCUT2D eigenvalue weighted by Gasteiger charge is -2.36. The summed E-state index contributed by atoms with van der Waals surface area (Å²) in [6.07, 6.45) is 0.860. The molecular weight excluding hydrogens is 392 g/mol. The van der Waals surface area contributed by atoms with Crippen LogP contribution in [-0.2, 0) is 10.0 Å². The van der Waals surface area contributed by atoms with Crippen molar-refractivity contribution in [2.45, 2.75) is 18.7 Å². The molecule has 1 aliphatic rings. The molecule has 156 valence electrons. The number of methoxy groups -OCH3 is 2. The molecule has 2 aromatic rings. The summed E-state index contributed by atoms with van der Waals surface area (Å²) in [6, 6.07) is 8.58. The Bertz CT molecular complexity index is 1010. The minimum absolute atomic E-state index is 0.136. The number of aldehydes is 1. The highest BCUT2D eigenvalue weighted by Crippen LogP contribution is 2.32. The van der Waals surface area contributed by atoms with Crippen molar-refractivity contribution in [3.05, 3.63) is 47.0 Å². The monoisotopic (exact) mass is 418 g/mol. The van der Waals surface area contributed by atoms with Gasteiger partial charge in [0.2, 0.25) is 10.0 Å². The quantitative estimate of drug-likeness (QED) is 0.672. The van der Waals surface area contributed by atoms with Crippen molar-refractivity contribution in [3.63, 3.8) is 0 Å². The predicted molar refractivity (Wildman–Crippen MR) is 112 cm³/mol. The zero-order chi connectivity index (χ0) is 21.2. The summed E-state index contributed by atoms with van der Waals surface area (Å²) in [5, 5.41) is 0. The van der Waals surface area contributed by atoms with Gasteiger partial charge in [0.1, 0.15) is 22.7 Å². The Hall–Kier alpha value is -2.58. The minimum atomic E-state index is -3.68. The summed E-state index contributed by atoms with van der Waals surface area (Å²) in [5.74, 6) is 0.804. The van der Waals surface area contributed by atoms with Crippen LogP contribution in [0.2, 0.25) is 0 Å². The first-order chi connectivity index (χ1) is 13.8. The van der Waals surface area contributed by atoms with E-state index >= 15 is 0 Å². The fourth-order valence-electron chi connectivity index (χ4n) is 3.59. The summed E-state index contributed by atoms with van der Waals surface area (Å²) in [5.41, 5.74) is 3.63. The summed E-state index contributed by atoms with van der Waals surface area (Å²) in [4.78, 5) is 13.4. The lowest BCUT2D eigenvalue weighted by Crippen LogP contribution is -2.48. The number of aryl methyl sites for hydroxylation is 2. The van der Waals surface area contributed by atoms with E-state index in [1.54, 1.807) is 12.1 Å². The molecule has 0 saturated carbocycles. The number of carbonyl (C=O) groups is 1. The Morgan fingerprint density at radius 1 is 0.931 bits per heavy atom. The number of rotatable bonds is 6. The molecule has 3 rings (SSSR count). The van der Waals surface area contributed by atoms with Gasteiger partial charge in [-0.05, 0) is 49.2 Å². The van der Waals surface area contributed by atoms with Crippen LogP contribution < -0.4 is 14.4 Å². The van der Waals surface area contributed by atoms with Crippen LogP contribution in [0, 0.1) is 13.8 Å². The molecular formula is C21H26N2O5S. The van der Waals surface area contributed by atoms with Crippen LogP contribution in [-0.4, -0.2) is 59.4 Å². The fraction of sp³-hybridized carbons (Fsp3) is 0.381. The Morgan fingerprint density at radius 3 is 2.21 bits per heavy atom. The maximum absolute atomic E-state index is 13.2. The lowest BCUT2D eigenvalue weighted by molar-refractivity contribution is 0.112. The standard InChI is InChI=1S/C21H26N2O5S/c1-15-12-19(16(2)11-17(15)14-24)22-7-9-23(10-8-22)29(25,26)21-6-5-18(27-3)13-20(21)28-4/h5-6,11-14H,7-10H2,1-4H3. The van der Waals surface area contributed by atoms with E-state index in [9.17, 15) is 13.2 Å². The first kappa shape index (κ1) is 21.1. The zero-order valence-corrected chi connectivity index (χ0v) is 18.0. The molecule has 1 fully saturated rings. The van der Waals surface area contributed by atoms with E-state index in [2.05, 4.69) is 4.90 Å². The SMILES string of the molecule is COc1ccc(S(=O)(=O)N2CCN(c3cc(C)c(C=O)cc3C)CC2)c(OC)c1. The van der Waals surface area contributed by atoms with Crippen molar-refractivity contribution in [3.8, 4) is 11.5 Å². The van der Waals surface area contributed by atoms with E-state index in [1.807, 2.05) is 26.0 Å². The van der Waals surface area contributed by atoms with Crippen molar-refractivity contribution in [1.82, 2.24) is 4.31 Å². The Kier molecular flexibility index (Phi) is 6.14. The van der Waals surface area contributed by atoms with Crippen molar-refractivity contribution < 1.29 is 22.7 Å². The van der Waals surface area contributed by atoms with E-state index in [1.165, 1.54) is 24.6 Å². The first-order valence-corrected chi connectivity index (χ1v) is 10.8. The van der Waals surface area contributed by atoms with Gasteiger partial charge in [0, 0.05) is 43.5 Å². The highest BCUT2D eigenvalue weighted by Gasteiger charge is 2.31. The van der Waals surface area contributed by atoms with Crippen LogP contribution in [0.15, 0.2) is 35.2 Å². The van der Waals surface area contributed by atoms with Crippen LogP contribution in [0.3, 0.4) is 0 Å². The minimum Gasteiger partial charge on any atom is -0.497 e. The number of hydrogen-bond acceptors (Lipinski definition) is 6. The van der Waals surface area contributed by atoms with Crippen molar-refractivity contribution >= 4 is 22.0 Å². The molecule has 8 heteroatoms. The maximum atomic E-state index is 13.2. The van der Waals surface area contributed by atoms with Crippen LogP contribution >= 0.6 is 0 Å². The summed E-state index contributed by atoms with van der Waals surface area (Å²) in [7, 11) is -0.719. The topological polar surface area (TPSA) is 76.2 Å². The fourth-order valence-corrected chi connectivity index (χ4v) is 5.15. The Morgan fingerprint density at radius 2 is 1.62 bits per heavy atom. The van der Waals surface area contributed by atoms with Gasteiger partial charge < -0.3 is 14.4 Å². The largest absolute Gasteiger partial charge is 0.497 e. The Balaban J connectivity index is 1.80. The molecule has 1 aliphatic heterocycles. The number of carbonyl (C=O) groups excluding carboxylic acids is 1. The molecule has 2 aromatic carbocycles. The normalized spacial score (nSPS) is 15.2. The first-order valence-electron chi connectivity index (χ1n) is 9.35. The van der Waals surface area contributed by atoms with E-state index in [0.29, 0.717) is 37.5 Å². The maximum Gasteiger partial charge on any atom is 0.246 e.